The molecule has 0 aromatic carbocycles. The zero-order valence-corrected chi connectivity index (χ0v) is 18.2. The molecule has 2 saturated heterocycles. The van der Waals surface area contributed by atoms with Crippen LogP contribution in [-0.2, 0) is 14.2 Å². The summed E-state index contributed by atoms with van der Waals surface area (Å²) in [7, 11) is 1.80. The van der Waals surface area contributed by atoms with E-state index >= 15 is 0 Å². The molecule has 1 unspecified atom stereocenters. The Labute approximate surface area is 169 Å². The van der Waals surface area contributed by atoms with Crippen molar-refractivity contribution in [2.24, 2.45) is 4.99 Å². The van der Waals surface area contributed by atoms with Crippen LogP contribution >= 0.6 is 24.0 Å². The average Bonchev–Trinajstić information content (AvgIpc) is 3.11. The van der Waals surface area contributed by atoms with Crippen LogP contribution in [0.5, 0.6) is 0 Å². The molecule has 148 valence electrons. The van der Waals surface area contributed by atoms with Gasteiger partial charge in [0.25, 0.3) is 0 Å². The van der Waals surface area contributed by atoms with Gasteiger partial charge in [0.05, 0.1) is 32.5 Å². The number of aliphatic imine (C=N–C) groups is 1. The number of hydrogen-bond acceptors (Lipinski definition) is 5. The van der Waals surface area contributed by atoms with E-state index in [0.717, 1.165) is 64.8 Å². The first-order valence-corrected chi connectivity index (χ1v) is 9.08. The number of nitrogens with zero attached hydrogens (tertiary/aromatic N) is 2. The second-order valence-corrected chi connectivity index (χ2v) is 6.97. The Morgan fingerprint density at radius 3 is 2.64 bits per heavy atom. The van der Waals surface area contributed by atoms with Gasteiger partial charge in [0.15, 0.2) is 5.96 Å². The number of rotatable bonds is 8. The lowest BCUT2D eigenvalue weighted by molar-refractivity contribution is -0.00836. The van der Waals surface area contributed by atoms with Crippen molar-refractivity contribution in [2.75, 3.05) is 66.3 Å². The van der Waals surface area contributed by atoms with Crippen molar-refractivity contribution in [3.05, 3.63) is 0 Å². The monoisotopic (exact) mass is 470 g/mol. The first-order chi connectivity index (χ1) is 11.6. The number of ether oxygens (including phenoxy) is 3. The molecule has 0 radical (unpaired) electrons. The third kappa shape index (κ3) is 8.38. The van der Waals surface area contributed by atoms with Gasteiger partial charge in [-0.2, -0.15) is 0 Å². The first kappa shape index (κ1) is 22.9. The molecule has 2 aliphatic rings. The fourth-order valence-corrected chi connectivity index (χ4v) is 3.03. The fraction of sp³-hybridized carbons (Fsp3) is 0.941. The van der Waals surface area contributed by atoms with Gasteiger partial charge in [-0.1, -0.05) is 0 Å². The van der Waals surface area contributed by atoms with Crippen molar-refractivity contribution in [3.8, 4) is 0 Å². The van der Waals surface area contributed by atoms with E-state index in [1.165, 1.54) is 0 Å². The summed E-state index contributed by atoms with van der Waals surface area (Å²) >= 11 is 0. The predicted molar refractivity (Wildman–Crippen MR) is 111 cm³/mol. The van der Waals surface area contributed by atoms with Gasteiger partial charge in [-0.3, -0.25) is 9.89 Å². The largest absolute Gasteiger partial charge is 0.379 e. The average molecular weight is 470 g/mol. The number of nitrogens with one attached hydrogen (secondary N) is 2. The van der Waals surface area contributed by atoms with Gasteiger partial charge in [-0.25, -0.2) is 0 Å². The van der Waals surface area contributed by atoms with Crippen LogP contribution in [0.3, 0.4) is 0 Å². The minimum absolute atomic E-state index is 0. The quantitative estimate of drug-likeness (QED) is 0.240. The van der Waals surface area contributed by atoms with E-state index in [-0.39, 0.29) is 35.6 Å². The van der Waals surface area contributed by atoms with Crippen molar-refractivity contribution < 1.29 is 14.2 Å². The smallest absolute Gasteiger partial charge is 0.191 e. The van der Waals surface area contributed by atoms with Crippen LogP contribution < -0.4 is 10.6 Å². The van der Waals surface area contributed by atoms with Gasteiger partial charge in [0.1, 0.15) is 0 Å². The maximum Gasteiger partial charge on any atom is 0.191 e. The molecule has 0 aromatic rings. The van der Waals surface area contributed by atoms with Gasteiger partial charge in [-0.15, -0.1) is 24.0 Å². The summed E-state index contributed by atoms with van der Waals surface area (Å²) in [6.07, 6.45) is 2.56. The summed E-state index contributed by atoms with van der Waals surface area (Å²) in [4.78, 5) is 6.74. The Balaban J connectivity index is 0.00000312. The van der Waals surface area contributed by atoms with Gasteiger partial charge in [0, 0.05) is 45.4 Å². The van der Waals surface area contributed by atoms with Crippen LogP contribution in [0.2, 0.25) is 0 Å². The molecule has 8 heteroatoms. The molecule has 0 aliphatic carbocycles. The van der Waals surface area contributed by atoms with E-state index in [4.69, 9.17) is 14.2 Å². The maximum absolute atomic E-state index is 5.66. The van der Waals surface area contributed by atoms with E-state index in [9.17, 15) is 0 Å². The summed E-state index contributed by atoms with van der Waals surface area (Å²) in [5, 5.41) is 6.72. The third-order valence-electron chi connectivity index (χ3n) is 4.65. The molecule has 0 spiro atoms. The topological polar surface area (TPSA) is 67.4 Å². The highest BCUT2D eigenvalue weighted by molar-refractivity contribution is 14.0. The first-order valence-electron chi connectivity index (χ1n) is 9.08. The van der Waals surface area contributed by atoms with Gasteiger partial charge >= 0.3 is 0 Å². The highest BCUT2D eigenvalue weighted by Gasteiger charge is 2.28. The minimum Gasteiger partial charge on any atom is -0.379 e. The summed E-state index contributed by atoms with van der Waals surface area (Å²) < 4.78 is 16.6. The van der Waals surface area contributed by atoms with Crippen molar-refractivity contribution in [1.29, 1.82) is 0 Å². The molecule has 2 aliphatic heterocycles. The molecule has 0 saturated carbocycles. The summed E-state index contributed by atoms with van der Waals surface area (Å²) in [6.45, 7) is 11.9. The second-order valence-electron chi connectivity index (χ2n) is 6.97. The molecule has 2 heterocycles. The number of morpholine rings is 1. The van der Waals surface area contributed by atoms with Crippen LogP contribution in [0.1, 0.15) is 26.7 Å². The molecule has 1 atom stereocenters. The van der Waals surface area contributed by atoms with E-state index in [1.807, 2.05) is 0 Å². The van der Waals surface area contributed by atoms with Gasteiger partial charge < -0.3 is 24.8 Å². The van der Waals surface area contributed by atoms with E-state index in [1.54, 1.807) is 7.05 Å². The van der Waals surface area contributed by atoms with Crippen LogP contribution in [0.25, 0.3) is 0 Å². The van der Waals surface area contributed by atoms with Crippen LogP contribution in [0, 0.1) is 0 Å². The summed E-state index contributed by atoms with van der Waals surface area (Å²) in [5.41, 5.74) is 0.0672. The van der Waals surface area contributed by atoms with Crippen LogP contribution in [0.15, 0.2) is 4.99 Å². The van der Waals surface area contributed by atoms with E-state index in [0.29, 0.717) is 13.2 Å². The Hall–Kier alpha value is -0.160. The SMILES string of the molecule is CN=C(NCCOCC1CCCO1)NCC(C)(C)N1CCOCC1.I. The second kappa shape index (κ2) is 12.3. The zero-order valence-electron chi connectivity index (χ0n) is 15.9. The van der Waals surface area contributed by atoms with E-state index < -0.39 is 0 Å². The fourth-order valence-electron chi connectivity index (χ4n) is 3.03. The summed E-state index contributed by atoms with van der Waals surface area (Å²) in [6, 6.07) is 0. The number of hydrogen-bond donors (Lipinski definition) is 2. The molecule has 25 heavy (non-hydrogen) atoms. The summed E-state index contributed by atoms with van der Waals surface area (Å²) in [5.74, 6) is 0.817. The minimum atomic E-state index is 0. The number of halogens is 1. The highest BCUT2D eigenvalue weighted by atomic mass is 127. The molecule has 2 N–H and O–H groups in total. The standard InChI is InChI=1S/C17H34N4O3.HI/c1-17(2,21-7-11-22-12-8-21)14-20-16(18-3)19-6-10-23-13-15-5-4-9-24-15;/h15H,4-14H2,1-3H3,(H2,18,19,20);1H. The Morgan fingerprint density at radius 1 is 1.24 bits per heavy atom. The Bertz CT molecular complexity index is 384. The van der Waals surface area contributed by atoms with Crippen LogP contribution in [0.4, 0.5) is 0 Å². The molecule has 0 aromatic heterocycles. The normalized spacial score (nSPS) is 22.5. The van der Waals surface area contributed by atoms with Crippen molar-refractivity contribution in [1.82, 2.24) is 15.5 Å². The highest BCUT2D eigenvalue weighted by Crippen LogP contribution is 2.15. The molecular weight excluding hydrogens is 435 g/mol. The third-order valence-corrected chi connectivity index (χ3v) is 4.65. The van der Waals surface area contributed by atoms with Crippen LogP contribution in [-0.4, -0.2) is 88.8 Å². The molecule has 2 fully saturated rings. The molecular formula is C17H35IN4O3. The lowest BCUT2D eigenvalue weighted by Crippen LogP contribution is -2.56. The van der Waals surface area contributed by atoms with Gasteiger partial charge in [0.2, 0.25) is 0 Å². The maximum atomic E-state index is 5.66. The molecule has 0 bridgehead atoms. The van der Waals surface area contributed by atoms with Crippen molar-refractivity contribution in [2.45, 2.75) is 38.3 Å². The molecule has 2 rings (SSSR count). The zero-order chi connectivity index (χ0) is 17.3. The Kier molecular flexibility index (Phi) is 11.2. The van der Waals surface area contributed by atoms with Crippen molar-refractivity contribution >= 4 is 29.9 Å². The number of guanidine groups is 1. The molecule has 7 nitrogen and oxygen atoms in total. The van der Waals surface area contributed by atoms with Crippen molar-refractivity contribution in [3.63, 3.8) is 0 Å². The Morgan fingerprint density at radius 2 is 2.00 bits per heavy atom. The lowest BCUT2D eigenvalue weighted by Gasteiger charge is -2.41. The van der Waals surface area contributed by atoms with E-state index in [2.05, 4.69) is 34.4 Å². The van der Waals surface area contributed by atoms with Gasteiger partial charge in [-0.05, 0) is 26.7 Å². The molecule has 0 amide bonds. The predicted octanol–water partition coefficient (Wildman–Crippen LogP) is 1.08. The lowest BCUT2D eigenvalue weighted by atomic mass is 10.0.